The van der Waals surface area contributed by atoms with Crippen LogP contribution < -0.4 is 19.9 Å². The van der Waals surface area contributed by atoms with E-state index in [0.717, 1.165) is 0 Å². The Morgan fingerprint density at radius 3 is 2.45 bits per heavy atom. The summed E-state index contributed by atoms with van der Waals surface area (Å²) in [6, 6.07) is 12.4. The Morgan fingerprint density at radius 2 is 1.76 bits per heavy atom. The van der Waals surface area contributed by atoms with Crippen molar-refractivity contribution in [3.63, 3.8) is 0 Å². The van der Waals surface area contributed by atoms with Crippen LogP contribution in [0.2, 0.25) is 0 Å². The van der Waals surface area contributed by atoms with Crippen LogP contribution in [0.25, 0.3) is 0 Å². The minimum Gasteiger partial charge on any atom is -0.490 e. The standard InChI is InChI=1S/C19H20N2O7S/c20-19(23)18(13-5-2-1-3-6-13)28-17(22)12-21-29(24,25)14-7-8-15-16(11-14)27-10-4-9-26-15/h1-3,5-8,11,18,21H,4,9-10,12H2,(H2,20,23). The monoisotopic (exact) mass is 420 g/mol. The number of hydrogen-bond acceptors (Lipinski definition) is 7. The number of ether oxygens (including phenoxy) is 3. The van der Waals surface area contributed by atoms with E-state index in [9.17, 15) is 18.0 Å². The lowest BCUT2D eigenvalue weighted by atomic mass is 10.1. The average molecular weight is 420 g/mol. The van der Waals surface area contributed by atoms with Crippen molar-refractivity contribution in [2.45, 2.75) is 17.4 Å². The molecule has 2 aromatic carbocycles. The molecule has 10 heteroatoms. The number of hydrogen-bond donors (Lipinski definition) is 2. The lowest BCUT2D eigenvalue weighted by Crippen LogP contribution is -2.34. The van der Waals surface area contributed by atoms with Gasteiger partial charge in [-0.2, -0.15) is 4.72 Å². The van der Waals surface area contributed by atoms with Gasteiger partial charge in [0.15, 0.2) is 11.5 Å². The van der Waals surface area contributed by atoms with Crippen LogP contribution in [0.4, 0.5) is 0 Å². The number of rotatable bonds is 7. The van der Waals surface area contributed by atoms with E-state index in [1.807, 2.05) is 0 Å². The van der Waals surface area contributed by atoms with Gasteiger partial charge in [0, 0.05) is 18.1 Å². The zero-order valence-corrected chi connectivity index (χ0v) is 16.2. The second kappa shape index (κ2) is 8.93. The van der Waals surface area contributed by atoms with Crippen LogP contribution in [-0.4, -0.2) is 40.1 Å². The molecule has 0 radical (unpaired) electrons. The smallest absolute Gasteiger partial charge is 0.322 e. The summed E-state index contributed by atoms with van der Waals surface area (Å²) in [4.78, 5) is 23.6. The van der Waals surface area contributed by atoms with Gasteiger partial charge in [-0.3, -0.25) is 9.59 Å². The summed E-state index contributed by atoms with van der Waals surface area (Å²) in [5.74, 6) is -1.05. The van der Waals surface area contributed by atoms with Crippen molar-refractivity contribution in [2.24, 2.45) is 5.73 Å². The molecule has 0 aromatic heterocycles. The van der Waals surface area contributed by atoms with Crippen LogP contribution in [0.3, 0.4) is 0 Å². The normalized spacial score (nSPS) is 14.5. The molecule has 0 saturated heterocycles. The Morgan fingerprint density at radius 1 is 1.07 bits per heavy atom. The van der Waals surface area contributed by atoms with E-state index in [2.05, 4.69) is 4.72 Å². The van der Waals surface area contributed by atoms with Crippen LogP contribution in [0.5, 0.6) is 11.5 Å². The number of primary amides is 1. The highest BCUT2D eigenvalue weighted by molar-refractivity contribution is 7.89. The highest BCUT2D eigenvalue weighted by atomic mass is 32.2. The quantitative estimate of drug-likeness (QED) is 0.636. The number of carbonyl (C=O) groups excluding carboxylic acids is 2. The van der Waals surface area contributed by atoms with Crippen LogP contribution in [-0.2, 0) is 24.3 Å². The van der Waals surface area contributed by atoms with Gasteiger partial charge < -0.3 is 19.9 Å². The largest absolute Gasteiger partial charge is 0.490 e. The molecule has 154 valence electrons. The van der Waals surface area contributed by atoms with E-state index in [4.69, 9.17) is 19.9 Å². The number of nitrogens with two attached hydrogens (primary N) is 1. The van der Waals surface area contributed by atoms with E-state index >= 15 is 0 Å². The van der Waals surface area contributed by atoms with E-state index in [1.165, 1.54) is 18.2 Å². The van der Waals surface area contributed by atoms with Gasteiger partial charge in [0.05, 0.1) is 18.1 Å². The Hall–Kier alpha value is -3.11. The van der Waals surface area contributed by atoms with Gasteiger partial charge in [0.25, 0.3) is 5.91 Å². The van der Waals surface area contributed by atoms with Gasteiger partial charge in [-0.05, 0) is 12.1 Å². The molecule has 3 N–H and O–H groups in total. The molecule has 0 aliphatic carbocycles. The summed E-state index contributed by atoms with van der Waals surface area (Å²) >= 11 is 0. The van der Waals surface area contributed by atoms with E-state index in [0.29, 0.717) is 36.7 Å². The van der Waals surface area contributed by atoms with E-state index < -0.39 is 34.5 Å². The highest BCUT2D eigenvalue weighted by Gasteiger charge is 2.24. The summed E-state index contributed by atoms with van der Waals surface area (Å²) in [7, 11) is -4.02. The third kappa shape index (κ3) is 5.24. The Kier molecular flexibility index (Phi) is 6.35. The Labute approximate surface area is 167 Å². The van der Waals surface area contributed by atoms with Gasteiger partial charge in [0.1, 0.15) is 6.54 Å². The molecule has 1 heterocycles. The average Bonchev–Trinajstić information content (AvgIpc) is 2.96. The molecule has 0 saturated carbocycles. The molecular formula is C19H20N2O7S. The minimum atomic E-state index is -4.02. The maximum Gasteiger partial charge on any atom is 0.322 e. The minimum absolute atomic E-state index is 0.0935. The first-order chi connectivity index (χ1) is 13.9. The molecule has 1 atom stereocenters. The lowest BCUT2D eigenvalue weighted by Gasteiger charge is -2.15. The highest BCUT2D eigenvalue weighted by Crippen LogP contribution is 2.31. The van der Waals surface area contributed by atoms with Crippen molar-refractivity contribution in [1.82, 2.24) is 4.72 Å². The number of amides is 1. The first-order valence-corrected chi connectivity index (χ1v) is 10.3. The van der Waals surface area contributed by atoms with Crippen molar-refractivity contribution >= 4 is 21.9 Å². The zero-order valence-electron chi connectivity index (χ0n) is 15.4. The molecule has 9 nitrogen and oxygen atoms in total. The number of esters is 1. The molecule has 1 aliphatic heterocycles. The molecule has 2 aromatic rings. The van der Waals surface area contributed by atoms with Crippen LogP contribution in [0.15, 0.2) is 53.4 Å². The van der Waals surface area contributed by atoms with Gasteiger partial charge in [-0.15, -0.1) is 0 Å². The molecule has 1 amide bonds. The second-order valence-electron chi connectivity index (χ2n) is 6.17. The van der Waals surface area contributed by atoms with Crippen molar-refractivity contribution < 1.29 is 32.2 Å². The molecule has 1 unspecified atom stereocenters. The molecule has 3 rings (SSSR count). The van der Waals surface area contributed by atoms with Crippen molar-refractivity contribution in [3.8, 4) is 11.5 Å². The maximum atomic E-state index is 12.5. The lowest BCUT2D eigenvalue weighted by molar-refractivity contribution is -0.154. The molecule has 0 fully saturated rings. The Bertz CT molecular complexity index is 993. The predicted octanol–water partition coefficient (Wildman–Crippen LogP) is 0.896. The van der Waals surface area contributed by atoms with Gasteiger partial charge >= 0.3 is 5.97 Å². The van der Waals surface area contributed by atoms with E-state index in [1.54, 1.807) is 30.3 Å². The number of sulfonamides is 1. The SMILES string of the molecule is NC(=O)C(OC(=O)CNS(=O)(=O)c1ccc2c(c1)OCCCO2)c1ccccc1. The number of fused-ring (bicyclic) bond motifs is 1. The second-order valence-corrected chi connectivity index (χ2v) is 7.93. The molecule has 0 bridgehead atoms. The third-order valence-electron chi connectivity index (χ3n) is 4.05. The summed E-state index contributed by atoms with van der Waals surface area (Å²) in [6.07, 6.45) is -0.630. The summed E-state index contributed by atoms with van der Waals surface area (Å²) in [5.41, 5.74) is 5.68. The molecule has 29 heavy (non-hydrogen) atoms. The van der Waals surface area contributed by atoms with Crippen molar-refractivity contribution in [2.75, 3.05) is 19.8 Å². The number of benzene rings is 2. The van der Waals surface area contributed by atoms with Crippen LogP contribution in [0.1, 0.15) is 18.1 Å². The first kappa shape index (κ1) is 20.6. The third-order valence-corrected chi connectivity index (χ3v) is 5.44. The first-order valence-electron chi connectivity index (χ1n) is 8.80. The van der Waals surface area contributed by atoms with Gasteiger partial charge in [-0.1, -0.05) is 30.3 Å². The predicted molar refractivity (Wildman–Crippen MR) is 102 cm³/mol. The fraction of sp³-hybridized carbons (Fsp3) is 0.263. The summed E-state index contributed by atoms with van der Waals surface area (Å²) < 4.78 is 43.1. The van der Waals surface area contributed by atoms with Crippen LogP contribution >= 0.6 is 0 Å². The fourth-order valence-electron chi connectivity index (χ4n) is 2.64. The fourth-order valence-corrected chi connectivity index (χ4v) is 3.62. The van der Waals surface area contributed by atoms with Crippen molar-refractivity contribution in [3.05, 3.63) is 54.1 Å². The zero-order chi connectivity index (χ0) is 20.9. The maximum absolute atomic E-state index is 12.5. The van der Waals surface area contributed by atoms with Crippen LogP contribution in [0, 0.1) is 0 Å². The molecule has 0 spiro atoms. The topological polar surface area (TPSA) is 134 Å². The number of nitrogens with one attached hydrogen (secondary N) is 1. The Balaban J connectivity index is 1.66. The van der Waals surface area contributed by atoms with Gasteiger partial charge in [-0.25, -0.2) is 8.42 Å². The molecular weight excluding hydrogens is 400 g/mol. The van der Waals surface area contributed by atoms with E-state index in [-0.39, 0.29) is 4.90 Å². The van der Waals surface area contributed by atoms with Gasteiger partial charge in [0.2, 0.25) is 16.1 Å². The summed E-state index contributed by atoms with van der Waals surface area (Å²) in [6.45, 7) is 0.212. The van der Waals surface area contributed by atoms with Crippen molar-refractivity contribution in [1.29, 1.82) is 0 Å². The number of carbonyl (C=O) groups is 2. The summed E-state index contributed by atoms with van der Waals surface area (Å²) in [5, 5.41) is 0. The molecule has 1 aliphatic rings.